The van der Waals surface area contributed by atoms with Crippen molar-refractivity contribution in [1.29, 1.82) is 0 Å². The number of allylic oxidation sites excluding steroid dienone is 4. The van der Waals surface area contributed by atoms with Crippen LogP contribution in [0.1, 0.15) is 43.4 Å². The van der Waals surface area contributed by atoms with Crippen molar-refractivity contribution in [2.45, 2.75) is 32.1 Å². The summed E-state index contributed by atoms with van der Waals surface area (Å²) in [4.78, 5) is 0. The van der Waals surface area contributed by atoms with Crippen LogP contribution in [0.4, 0.5) is 0 Å². The Morgan fingerprint density at radius 2 is 1.19 bits per heavy atom. The molecule has 2 aliphatic carbocycles. The standard InChI is InChI=1S/C25H20.C2H6/c1-3-11-19(12-4-1)25(20-13-5-2-6-14-20)23-17-9-7-15-21(23)22-16-8-10-18-24(22)25;1-2/h1,3-5,7-18H,2,6H2;1-2H3. The van der Waals surface area contributed by atoms with Gasteiger partial charge < -0.3 is 0 Å². The average Bonchev–Trinajstić information content (AvgIpc) is 3.08. The lowest BCUT2D eigenvalue weighted by Crippen LogP contribution is -2.29. The molecule has 0 nitrogen and oxygen atoms in total. The predicted molar refractivity (Wildman–Crippen MR) is 116 cm³/mol. The molecule has 0 aromatic heterocycles. The van der Waals surface area contributed by atoms with Gasteiger partial charge in [-0.15, -0.1) is 0 Å². The Kier molecular flexibility index (Phi) is 4.81. The molecule has 0 unspecified atom stereocenters. The largest absolute Gasteiger partial charge is 0.0839 e. The fourth-order valence-electron chi connectivity index (χ4n) is 4.60. The van der Waals surface area contributed by atoms with Gasteiger partial charge in [0.1, 0.15) is 0 Å². The number of rotatable bonds is 2. The van der Waals surface area contributed by atoms with Crippen LogP contribution in [0.15, 0.2) is 103 Å². The van der Waals surface area contributed by atoms with E-state index in [1.54, 1.807) is 0 Å². The lowest BCUT2D eigenvalue weighted by atomic mass is 9.66. The van der Waals surface area contributed by atoms with Crippen LogP contribution in [-0.2, 0) is 5.41 Å². The van der Waals surface area contributed by atoms with Crippen molar-refractivity contribution in [2.24, 2.45) is 0 Å². The van der Waals surface area contributed by atoms with E-state index in [4.69, 9.17) is 0 Å². The lowest BCUT2D eigenvalue weighted by Gasteiger charge is -2.35. The molecule has 0 bridgehead atoms. The molecule has 134 valence electrons. The van der Waals surface area contributed by atoms with Gasteiger partial charge in [0.25, 0.3) is 0 Å². The summed E-state index contributed by atoms with van der Waals surface area (Å²) in [7, 11) is 0. The molecule has 0 aliphatic heterocycles. The second kappa shape index (κ2) is 7.40. The SMILES string of the molecule is C1=CC(C2(c3ccccc3)c3ccccc3-c3ccccc32)=CCC1.CC. The van der Waals surface area contributed by atoms with Gasteiger partial charge in [-0.2, -0.15) is 0 Å². The van der Waals surface area contributed by atoms with Crippen molar-refractivity contribution in [3.8, 4) is 11.1 Å². The summed E-state index contributed by atoms with van der Waals surface area (Å²) in [6.07, 6.45) is 9.35. The number of benzene rings is 3. The number of fused-ring (bicyclic) bond motifs is 3. The molecule has 3 aromatic rings. The molecular weight excluding hydrogens is 324 g/mol. The van der Waals surface area contributed by atoms with Crippen molar-refractivity contribution in [3.05, 3.63) is 119 Å². The Labute approximate surface area is 162 Å². The third-order valence-electron chi connectivity index (χ3n) is 5.59. The molecule has 27 heavy (non-hydrogen) atoms. The van der Waals surface area contributed by atoms with Crippen molar-refractivity contribution < 1.29 is 0 Å². The fraction of sp³-hybridized carbons (Fsp3) is 0.185. The summed E-state index contributed by atoms with van der Waals surface area (Å²) in [6, 6.07) is 28.8. The molecule has 0 atom stereocenters. The van der Waals surface area contributed by atoms with Gasteiger partial charge in [-0.1, -0.05) is 111 Å². The molecule has 3 aromatic carbocycles. The van der Waals surface area contributed by atoms with E-state index in [9.17, 15) is 0 Å². The topological polar surface area (TPSA) is 0 Å². The van der Waals surface area contributed by atoms with Gasteiger partial charge in [0.15, 0.2) is 0 Å². The fourth-order valence-corrected chi connectivity index (χ4v) is 4.60. The zero-order valence-corrected chi connectivity index (χ0v) is 16.2. The summed E-state index contributed by atoms with van der Waals surface area (Å²) in [5.74, 6) is 0. The van der Waals surface area contributed by atoms with Gasteiger partial charge >= 0.3 is 0 Å². The van der Waals surface area contributed by atoms with Gasteiger partial charge in [0.2, 0.25) is 0 Å². The molecule has 0 fully saturated rings. The van der Waals surface area contributed by atoms with Crippen molar-refractivity contribution in [1.82, 2.24) is 0 Å². The normalized spacial score (nSPS) is 15.9. The minimum Gasteiger partial charge on any atom is -0.0839 e. The van der Waals surface area contributed by atoms with Gasteiger partial charge in [-0.25, -0.2) is 0 Å². The second-order valence-corrected chi connectivity index (χ2v) is 6.85. The average molecular weight is 351 g/mol. The quantitative estimate of drug-likeness (QED) is 0.455. The highest BCUT2D eigenvalue weighted by atomic mass is 14.5. The van der Waals surface area contributed by atoms with E-state index < -0.39 is 0 Å². The van der Waals surface area contributed by atoms with Crippen LogP contribution in [0.3, 0.4) is 0 Å². The van der Waals surface area contributed by atoms with Gasteiger partial charge in [-0.05, 0) is 46.2 Å². The lowest BCUT2D eigenvalue weighted by molar-refractivity contribution is 0.751. The van der Waals surface area contributed by atoms with Crippen molar-refractivity contribution in [3.63, 3.8) is 0 Å². The summed E-state index contributed by atoms with van der Waals surface area (Å²) in [5, 5.41) is 0. The van der Waals surface area contributed by atoms with E-state index in [-0.39, 0.29) is 5.41 Å². The van der Waals surface area contributed by atoms with E-state index >= 15 is 0 Å². The molecule has 2 aliphatic rings. The minimum atomic E-state index is -0.203. The van der Waals surface area contributed by atoms with Crippen LogP contribution in [0.25, 0.3) is 11.1 Å². The highest BCUT2D eigenvalue weighted by Gasteiger charge is 2.46. The second-order valence-electron chi connectivity index (χ2n) is 6.85. The Morgan fingerprint density at radius 1 is 0.630 bits per heavy atom. The van der Waals surface area contributed by atoms with E-state index in [0.29, 0.717) is 0 Å². The summed E-state index contributed by atoms with van der Waals surface area (Å²) < 4.78 is 0. The first-order valence-electron chi connectivity index (χ1n) is 10.0. The maximum Gasteiger partial charge on any atom is 0.0710 e. The van der Waals surface area contributed by atoms with Crippen LogP contribution in [0, 0.1) is 0 Å². The molecule has 0 heteroatoms. The molecule has 0 amide bonds. The van der Waals surface area contributed by atoms with Crippen LogP contribution in [0.5, 0.6) is 0 Å². The Bertz CT molecular complexity index is 944. The number of hydrogen-bond acceptors (Lipinski definition) is 0. The molecule has 0 saturated carbocycles. The van der Waals surface area contributed by atoms with Crippen LogP contribution in [0.2, 0.25) is 0 Å². The molecule has 0 heterocycles. The van der Waals surface area contributed by atoms with Gasteiger partial charge in [0, 0.05) is 0 Å². The van der Waals surface area contributed by atoms with Crippen LogP contribution in [-0.4, -0.2) is 0 Å². The van der Waals surface area contributed by atoms with Crippen molar-refractivity contribution >= 4 is 0 Å². The van der Waals surface area contributed by atoms with Gasteiger partial charge in [0.05, 0.1) is 5.41 Å². The third-order valence-corrected chi connectivity index (χ3v) is 5.59. The van der Waals surface area contributed by atoms with Crippen LogP contribution >= 0.6 is 0 Å². The van der Waals surface area contributed by atoms with E-state index in [2.05, 4.69) is 97.1 Å². The molecular formula is C27H26. The molecule has 0 saturated heterocycles. The maximum absolute atomic E-state index is 2.44. The zero-order chi connectivity index (χ0) is 18.7. The molecule has 0 radical (unpaired) electrons. The first kappa shape index (κ1) is 17.5. The Hall–Kier alpha value is -2.86. The van der Waals surface area contributed by atoms with Crippen LogP contribution < -0.4 is 0 Å². The van der Waals surface area contributed by atoms with E-state index in [0.717, 1.165) is 12.8 Å². The highest BCUT2D eigenvalue weighted by Crippen LogP contribution is 2.56. The number of hydrogen-bond donors (Lipinski definition) is 0. The maximum atomic E-state index is 2.44. The third kappa shape index (κ3) is 2.59. The van der Waals surface area contributed by atoms with Crippen molar-refractivity contribution in [2.75, 3.05) is 0 Å². The molecule has 0 spiro atoms. The minimum absolute atomic E-state index is 0.203. The first-order chi connectivity index (χ1) is 13.4. The smallest absolute Gasteiger partial charge is 0.0710 e. The highest BCUT2D eigenvalue weighted by molar-refractivity contribution is 5.86. The summed E-state index contributed by atoms with van der Waals surface area (Å²) in [6.45, 7) is 4.00. The Morgan fingerprint density at radius 3 is 1.74 bits per heavy atom. The predicted octanol–water partition coefficient (Wildman–Crippen LogP) is 7.30. The molecule has 5 rings (SSSR count). The Balaban J connectivity index is 0.000000872. The van der Waals surface area contributed by atoms with Gasteiger partial charge in [-0.3, -0.25) is 0 Å². The summed E-state index contributed by atoms with van der Waals surface area (Å²) in [5.41, 5.74) is 8.09. The summed E-state index contributed by atoms with van der Waals surface area (Å²) >= 11 is 0. The zero-order valence-electron chi connectivity index (χ0n) is 16.2. The molecule has 0 N–H and O–H groups in total. The van der Waals surface area contributed by atoms with E-state index in [1.165, 1.54) is 33.4 Å². The monoisotopic (exact) mass is 350 g/mol. The first-order valence-corrected chi connectivity index (χ1v) is 10.0. The van der Waals surface area contributed by atoms with E-state index in [1.807, 2.05) is 13.8 Å².